The van der Waals surface area contributed by atoms with Gasteiger partial charge in [-0.15, -0.1) is 0 Å². The van der Waals surface area contributed by atoms with E-state index in [9.17, 15) is 8.42 Å². The van der Waals surface area contributed by atoms with Crippen molar-refractivity contribution in [3.05, 3.63) is 35.4 Å². The van der Waals surface area contributed by atoms with Crippen molar-refractivity contribution in [3.63, 3.8) is 0 Å². The number of sulfone groups is 1. The summed E-state index contributed by atoms with van der Waals surface area (Å²) in [5.74, 6) is 2.36. The van der Waals surface area contributed by atoms with Gasteiger partial charge in [0.1, 0.15) is 4.90 Å². The molecule has 8 nitrogen and oxygen atoms in total. The second kappa shape index (κ2) is 11.4. The molecule has 0 N–H and O–H groups in total. The standard InChI is InChI=1S/C26H36O8S/c1-8-11-34-26-22(31-4)14-17(15-23(26)35(7,27)28)19-10-9-18(24(19)32-5)16-12-20(29-2)25(33-6)21(13-16)30-3/h12-15,18-19,24H,8-11H2,1-7H3/t18-,19-,24-/m0/s1. The Bertz CT molecular complexity index is 1100. The SMILES string of the molecule is CCCOc1c(OC)cc([C@@H]2CC[C@@H](c3cc(OC)c(OC)c(OC)c3)[C@@H]2OC)cc1S(C)(=O)=O. The Morgan fingerprint density at radius 1 is 0.771 bits per heavy atom. The fourth-order valence-corrected chi connectivity index (χ4v) is 5.76. The number of benzene rings is 2. The summed E-state index contributed by atoms with van der Waals surface area (Å²) < 4.78 is 59.3. The van der Waals surface area contributed by atoms with E-state index >= 15 is 0 Å². The van der Waals surface area contributed by atoms with Crippen molar-refractivity contribution in [3.8, 4) is 28.7 Å². The van der Waals surface area contributed by atoms with Gasteiger partial charge in [-0.2, -0.15) is 0 Å². The second-order valence-electron chi connectivity index (χ2n) is 8.62. The number of hydrogen-bond donors (Lipinski definition) is 0. The van der Waals surface area contributed by atoms with Crippen LogP contribution in [0.3, 0.4) is 0 Å². The van der Waals surface area contributed by atoms with Crippen LogP contribution < -0.4 is 23.7 Å². The van der Waals surface area contributed by atoms with Crippen molar-refractivity contribution in [2.45, 2.75) is 49.0 Å². The molecule has 35 heavy (non-hydrogen) atoms. The average molecular weight is 509 g/mol. The Morgan fingerprint density at radius 2 is 1.26 bits per heavy atom. The zero-order valence-corrected chi connectivity index (χ0v) is 22.4. The summed E-state index contributed by atoms with van der Waals surface area (Å²) in [4.78, 5) is 0.131. The molecule has 3 rings (SSSR count). The van der Waals surface area contributed by atoms with Gasteiger partial charge in [0.25, 0.3) is 0 Å². The molecule has 1 aliphatic rings. The lowest BCUT2D eigenvalue weighted by atomic mass is 9.89. The average Bonchev–Trinajstić information content (AvgIpc) is 3.29. The predicted molar refractivity (Wildman–Crippen MR) is 134 cm³/mol. The van der Waals surface area contributed by atoms with Crippen LogP contribution in [0.2, 0.25) is 0 Å². The maximum absolute atomic E-state index is 12.7. The quantitative estimate of drug-likeness (QED) is 0.435. The maximum atomic E-state index is 12.7. The van der Waals surface area contributed by atoms with Gasteiger partial charge in [-0.25, -0.2) is 8.42 Å². The summed E-state index contributed by atoms with van der Waals surface area (Å²) in [7, 11) is 4.40. The summed E-state index contributed by atoms with van der Waals surface area (Å²) in [6.07, 6.45) is 3.38. The van der Waals surface area contributed by atoms with E-state index < -0.39 is 9.84 Å². The fraction of sp³-hybridized carbons (Fsp3) is 0.538. The molecule has 2 aromatic rings. The molecule has 194 valence electrons. The molecular weight excluding hydrogens is 472 g/mol. The van der Waals surface area contributed by atoms with Crippen molar-refractivity contribution in [1.82, 2.24) is 0 Å². The highest BCUT2D eigenvalue weighted by Gasteiger charge is 2.40. The van der Waals surface area contributed by atoms with E-state index in [0.29, 0.717) is 29.6 Å². The zero-order chi connectivity index (χ0) is 25.8. The van der Waals surface area contributed by atoms with Crippen LogP contribution in [0.25, 0.3) is 0 Å². The molecule has 3 atom stereocenters. The van der Waals surface area contributed by atoms with Gasteiger partial charge in [0.05, 0.1) is 41.2 Å². The molecule has 0 amide bonds. The topological polar surface area (TPSA) is 89.5 Å². The Kier molecular flexibility index (Phi) is 8.77. The molecule has 0 bridgehead atoms. The first kappa shape index (κ1) is 26.9. The zero-order valence-electron chi connectivity index (χ0n) is 21.5. The highest BCUT2D eigenvalue weighted by molar-refractivity contribution is 7.90. The van der Waals surface area contributed by atoms with Crippen molar-refractivity contribution < 1.29 is 36.8 Å². The van der Waals surface area contributed by atoms with Crippen LogP contribution in [-0.2, 0) is 14.6 Å². The van der Waals surface area contributed by atoms with Gasteiger partial charge in [0, 0.05) is 25.2 Å². The van der Waals surface area contributed by atoms with E-state index in [2.05, 4.69) is 0 Å². The van der Waals surface area contributed by atoms with E-state index in [1.807, 2.05) is 25.1 Å². The Balaban J connectivity index is 2.07. The lowest BCUT2D eigenvalue weighted by Crippen LogP contribution is -2.22. The highest BCUT2D eigenvalue weighted by Crippen LogP contribution is 2.50. The minimum atomic E-state index is -3.56. The van der Waals surface area contributed by atoms with Crippen LogP contribution >= 0.6 is 0 Å². The first-order chi connectivity index (χ1) is 16.7. The minimum Gasteiger partial charge on any atom is -0.493 e. The second-order valence-corrected chi connectivity index (χ2v) is 10.6. The molecule has 2 aromatic carbocycles. The molecule has 0 spiro atoms. The van der Waals surface area contributed by atoms with Crippen LogP contribution in [0.4, 0.5) is 0 Å². The van der Waals surface area contributed by atoms with Gasteiger partial charge in [-0.3, -0.25) is 0 Å². The van der Waals surface area contributed by atoms with E-state index in [0.717, 1.165) is 30.4 Å². The summed E-state index contributed by atoms with van der Waals surface area (Å²) in [6, 6.07) is 7.47. The van der Waals surface area contributed by atoms with Gasteiger partial charge in [0.2, 0.25) is 5.75 Å². The lowest BCUT2D eigenvalue weighted by molar-refractivity contribution is 0.0804. The predicted octanol–water partition coefficient (Wildman–Crippen LogP) is 4.59. The van der Waals surface area contributed by atoms with Crippen molar-refractivity contribution in [1.29, 1.82) is 0 Å². The van der Waals surface area contributed by atoms with Gasteiger partial charge >= 0.3 is 0 Å². The lowest BCUT2D eigenvalue weighted by Gasteiger charge is -2.26. The first-order valence-corrected chi connectivity index (χ1v) is 13.5. The molecular formula is C26H36O8S. The normalized spacial score (nSPS) is 19.9. The molecule has 0 aliphatic heterocycles. The number of hydrogen-bond acceptors (Lipinski definition) is 8. The van der Waals surface area contributed by atoms with Crippen LogP contribution in [0, 0.1) is 0 Å². The smallest absolute Gasteiger partial charge is 0.203 e. The van der Waals surface area contributed by atoms with Crippen LogP contribution in [0.1, 0.15) is 49.1 Å². The Labute approximate surface area is 208 Å². The fourth-order valence-electron chi connectivity index (χ4n) is 4.91. The van der Waals surface area contributed by atoms with Gasteiger partial charge < -0.3 is 28.4 Å². The molecule has 1 fully saturated rings. The Morgan fingerprint density at radius 3 is 1.66 bits per heavy atom. The van der Waals surface area contributed by atoms with E-state index in [1.165, 1.54) is 13.4 Å². The van der Waals surface area contributed by atoms with Crippen molar-refractivity contribution in [2.24, 2.45) is 0 Å². The molecule has 0 heterocycles. The minimum absolute atomic E-state index is 0.0429. The molecule has 1 aliphatic carbocycles. The molecule has 0 radical (unpaired) electrons. The molecule has 0 aromatic heterocycles. The number of ether oxygens (including phenoxy) is 6. The van der Waals surface area contributed by atoms with Gasteiger partial charge in [-0.1, -0.05) is 6.92 Å². The number of rotatable bonds is 11. The summed E-state index contributed by atoms with van der Waals surface area (Å²) in [6.45, 7) is 2.36. The summed E-state index contributed by atoms with van der Waals surface area (Å²) in [5, 5.41) is 0. The molecule has 0 saturated heterocycles. The van der Waals surface area contributed by atoms with Crippen molar-refractivity contribution in [2.75, 3.05) is 48.4 Å². The Hall–Kier alpha value is -2.65. The van der Waals surface area contributed by atoms with Gasteiger partial charge in [0.15, 0.2) is 32.8 Å². The maximum Gasteiger partial charge on any atom is 0.203 e. The van der Waals surface area contributed by atoms with Crippen LogP contribution in [0.15, 0.2) is 29.2 Å². The largest absolute Gasteiger partial charge is 0.493 e. The molecule has 9 heteroatoms. The third-order valence-corrected chi connectivity index (χ3v) is 7.61. The van der Waals surface area contributed by atoms with Crippen molar-refractivity contribution >= 4 is 9.84 Å². The van der Waals surface area contributed by atoms with E-state index in [4.69, 9.17) is 28.4 Å². The first-order valence-electron chi connectivity index (χ1n) is 11.6. The van der Waals surface area contributed by atoms with E-state index in [1.54, 1.807) is 34.5 Å². The summed E-state index contributed by atoms with van der Waals surface area (Å²) in [5.41, 5.74) is 1.85. The third-order valence-electron chi connectivity index (χ3n) is 6.51. The number of methoxy groups -OCH3 is 5. The van der Waals surface area contributed by atoms with Gasteiger partial charge in [-0.05, 0) is 54.7 Å². The third kappa shape index (κ3) is 5.46. The molecule has 1 saturated carbocycles. The van der Waals surface area contributed by atoms with E-state index in [-0.39, 0.29) is 28.6 Å². The summed E-state index contributed by atoms with van der Waals surface area (Å²) >= 11 is 0. The molecule has 0 unspecified atom stereocenters. The monoisotopic (exact) mass is 508 g/mol. The highest BCUT2D eigenvalue weighted by atomic mass is 32.2. The van der Waals surface area contributed by atoms with Crippen LogP contribution in [0.5, 0.6) is 28.7 Å². The van der Waals surface area contributed by atoms with Crippen LogP contribution in [-0.4, -0.2) is 62.9 Å².